The van der Waals surface area contributed by atoms with E-state index in [1.165, 1.54) is 12.1 Å². The Morgan fingerprint density at radius 3 is 2.76 bits per heavy atom. The van der Waals surface area contributed by atoms with Gasteiger partial charge < -0.3 is 14.8 Å². The van der Waals surface area contributed by atoms with Gasteiger partial charge in [-0.2, -0.15) is 0 Å². The molecule has 170 valence electrons. The van der Waals surface area contributed by atoms with Gasteiger partial charge in [0, 0.05) is 22.8 Å². The van der Waals surface area contributed by atoms with Crippen molar-refractivity contribution in [2.75, 3.05) is 12.5 Å². The molecule has 3 aromatic carbocycles. The van der Waals surface area contributed by atoms with E-state index in [2.05, 4.69) is 16.1 Å². The zero-order valence-corrected chi connectivity index (χ0v) is 19.2. The number of fused-ring (bicyclic) bond motifs is 2. The molecular formula is C24H22N2O5S2. The van der Waals surface area contributed by atoms with E-state index in [-0.39, 0.29) is 30.2 Å². The third-order valence-electron chi connectivity index (χ3n) is 5.57. The molecule has 1 unspecified atom stereocenters. The highest BCUT2D eigenvalue weighted by Gasteiger charge is 2.23. The molecule has 0 spiro atoms. The number of hydrogen-bond acceptors (Lipinski definition) is 6. The minimum atomic E-state index is -3.82. The van der Waals surface area contributed by atoms with Crippen LogP contribution in [0.2, 0.25) is 0 Å². The first-order valence-electron chi connectivity index (χ1n) is 10.5. The lowest BCUT2D eigenvalue weighted by Crippen LogP contribution is -2.31. The Hall–Kier alpha value is -3.01. The van der Waals surface area contributed by atoms with Crippen LogP contribution in [0.1, 0.15) is 33.9 Å². The molecule has 1 amide bonds. The van der Waals surface area contributed by atoms with Crippen LogP contribution in [0.3, 0.4) is 0 Å². The number of carbonyl (C=O) groups excluding carboxylic acids is 1. The van der Waals surface area contributed by atoms with Crippen molar-refractivity contribution in [3.05, 3.63) is 83.4 Å². The van der Waals surface area contributed by atoms with Gasteiger partial charge in [-0.15, -0.1) is 11.8 Å². The fraction of sp³-hybridized carbons (Fsp3) is 0.208. The van der Waals surface area contributed by atoms with Crippen LogP contribution in [0, 0.1) is 0 Å². The van der Waals surface area contributed by atoms with E-state index >= 15 is 0 Å². The summed E-state index contributed by atoms with van der Waals surface area (Å²) in [6.45, 7) is 0.247. The third-order valence-corrected chi connectivity index (χ3v) is 8.10. The molecule has 1 atom stereocenters. The maximum Gasteiger partial charge on any atom is 0.251 e. The van der Waals surface area contributed by atoms with E-state index < -0.39 is 10.0 Å². The number of amides is 1. The molecule has 0 saturated heterocycles. The molecule has 0 saturated carbocycles. The summed E-state index contributed by atoms with van der Waals surface area (Å²) >= 11 is 1.78. The number of thioether (sulfide) groups is 1. The summed E-state index contributed by atoms with van der Waals surface area (Å²) < 4.78 is 38.9. The summed E-state index contributed by atoms with van der Waals surface area (Å²) in [5, 5.41) is 3.06. The molecule has 0 radical (unpaired) electrons. The number of benzene rings is 3. The Morgan fingerprint density at radius 2 is 1.85 bits per heavy atom. The minimum Gasteiger partial charge on any atom is -0.454 e. The number of rotatable bonds is 6. The summed E-state index contributed by atoms with van der Waals surface area (Å²) in [7, 11) is -3.82. The molecule has 7 nitrogen and oxygen atoms in total. The van der Waals surface area contributed by atoms with Gasteiger partial charge in [-0.05, 0) is 53.9 Å². The van der Waals surface area contributed by atoms with E-state index in [0.717, 1.165) is 28.2 Å². The van der Waals surface area contributed by atoms with Gasteiger partial charge >= 0.3 is 0 Å². The van der Waals surface area contributed by atoms with Crippen molar-refractivity contribution in [2.24, 2.45) is 0 Å². The third kappa shape index (κ3) is 4.71. The number of nitrogens with one attached hydrogen (secondary N) is 2. The summed E-state index contributed by atoms with van der Waals surface area (Å²) in [6.07, 6.45) is 0.822. The van der Waals surface area contributed by atoms with Gasteiger partial charge in [0.25, 0.3) is 5.91 Å². The molecule has 0 fully saturated rings. The SMILES string of the molecule is O=C(NC1CCSc2ccccc21)c1cccc(S(=O)(=O)NCc2ccc3c(c2)OCO3)c1. The maximum atomic E-state index is 12.9. The Kier molecular flexibility index (Phi) is 6.01. The van der Waals surface area contributed by atoms with Crippen LogP contribution in [0.25, 0.3) is 0 Å². The van der Waals surface area contributed by atoms with Gasteiger partial charge in [-0.25, -0.2) is 13.1 Å². The lowest BCUT2D eigenvalue weighted by Gasteiger charge is -2.26. The highest BCUT2D eigenvalue weighted by atomic mass is 32.2. The van der Waals surface area contributed by atoms with Crippen molar-refractivity contribution in [3.63, 3.8) is 0 Å². The maximum absolute atomic E-state index is 12.9. The standard InChI is InChI=1S/C24H22N2O5S2/c27-24(26-20-10-11-32-23-7-2-1-6-19(20)23)17-4-3-5-18(13-17)33(28,29)25-14-16-8-9-21-22(12-16)31-15-30-21/h1-9,12-13,20,25H,10-11,14-15H2,(H,26,27). The van der Waals surface area contributed by atoms with E-state index in [1.54, 1.807) is 42.1 Å². The molecular weight excluding hydrogens is 460 g/mol. The summed E-state index contributed by atoms with van der Waals surface area (Å²) in [5.41, 5.74) is 2.14. The molecule has 33 heavy (non-hydrogen) atoms. The predicted octanol–water partition coefficient (Wildman–Crippen LogP) is 3.86. The van der Waals surface area contributed by atoms with Gasteiger partial charge in [0.15, 0.2) is 11.5 Å². The van der Waals surface area contributed by atoms with Crippen LogP contribution in [-0.2, 0) is 16.6 Å². The average Bonchev–Trinajstić information content (AvgIpc) is 3.31. The molecule has 3 aromatic rings. The molecule has 9 heteroatoms. The summed E-state index contributed by atoms with van der Waals surface area (Å²) in [6, 6.07) is 19.3. The van der Waals surface area contributed by atoms with Gasteiger partial charge in [0.1, 0.15) is 0 Å². The number of ether oxygens (including phenoxy) is 2. The fourth-order valence-corrected chi connectivity index (χ4v) is 6.04. The first-order valence-corrected chi connectivity index (χ1v) is 13.0. The summed E-state index contributed by atoms with van der Waals surface area (Å²) in [5.74, 6) is 1.85. The molecule has 5 rings (SSSR count). The lowest BCUT2D eigenvalue weighted by molar-refractivity contribution is 0.0934. The number of hydrogen-bond donors (Lipinski definition) is 2. The molecule has 2 heterocycles. The van der Waals surface area contributed by atoms with Crippen LogP contribution in [0.4, 0.5) is 0 Å². The van der Waals surface area contributed by atoms with Gasteiger partial charge in [-0.3, -0.25) is 4.79 Å². The van der Waals surface area contributed by atoms with Crippen molar-refractivity contribution in [3.8, 4) is 11.5 Å². The van der Waals surface area contributed by atoms with Crippen molar-refractivity contribution >= 4 is 27.7 Å². The van der Waals surface area contributed by atoms with Gasteiger partial charge in [0.05, 0.1) is 10.9 Å². The molecule has 2 N–H and O–H groups in total. The quantitative estimate of drug-likeness (QED) is 0.554. The number of carbonyl (C=O) groups is 1. The van der Waals surface area contributed by atoms with Crippen molar-refractivity contribution in [1.29, 1.82) is 0 Å². The first-order chi connectivity index (χ1) is 16.0. The van der Waals surface area contributed by atoms with Crippen molar-refractivity contribution in [1.82, 2.24) is 10.0 Å². The molecule has 0 bridgehead atoms. The second kappa shape index (κ2) is 9.09. The zero-order valence-electron chi connectivity index (χ0n) is 17.6. The van der Waals surface area contributed by atoms with E-state index in [1.807, 2.05) is 18.2 Å². The van der Waals surface area contributed by atoms with Crippen molar-refractivity contribution < 1.29 is 22.7 Å². The summed E-state index contributed by atoms with van der Waals surface area (Å²) in [4.78, 5) is 14.1. The second-order valence-electron chi connectivity index (χ2n) is 7.74. The Bertz CT molecular complexity index is 1310. The van der Waals surface area contributed by atoms with Crippen LogP contribution >= 0.6 is 11.8 Å². The van der Waals surface area contributed by atoms with Crippen LogP contribution in [0.5, 0.6) is 11.5 Å². The predicted molar refractivity (Wildman–Crippen MR) is 125 cm³/mol. The minimum absolute atomic E-state index is 0.0375. The topological polar surface area (TPSA) is 93.7 Å². The van der Waals surface area contributed by atoms with Crippen LogP contribution < -0.4 is 19.5 Å². The Balaban J connectivity index is 1.29. The molecule has 0 aromatic heterocycles. The highest BCUT2D eigenvalue weighted by molar-refractivity contribution is 7.99. The number of sulfonamides is 1. The van der Waals surface area contributed by atoms with Gasteiger partial charge in [0.2, 0.25) is 16.8 Å². The second-order valence-corrected chi connectivity index (χ2v) is 10.6. The Morgan fingerprint density at radius 1 is 1.00 bits per heavy atom. The molecule has 2 aliphatic rings. The average molecular weight is 483 g/mol. The van der Waals surface area contributed by atoms with Gasteiger partial charge in [-0.1, -0.05) is 30.3 Å². The van der Waals surface area contributed by atoms with Crippen LogP contribution in [0.15, 0.2) is 76.5 Å². The highest BCUT2D eigenvalue weighted by Crippen LogP contribution is 2.36. The first kappa shape index (κ1) is 21.8. The Labute approximate surface area is 196 Å². The van der Waals surface area contributed by atoms with Crippen molar-refractivity contribution in [2.45, 2.75) is 28.8 Å². The normalized spacial score (nSPS) is 16.8. The molecule has 2 aliphatic heterocycles. The fourth-order valence-electron chi connectivity index (χ4n) is 3.85. The van der Waals surface area contributed by atoms with E-state index in [9.17, 15) is 13.2 Å². The lowest BCUT2D eigenvalue weighted by atomic mass is 10.0. The van der Waals surface area contributed by atoms with E-state index in [0.29, 0.717) is 17.1 Å². The van der Waals surface area contributed by atoms with E-state index in [4.69, 9.17) is 9.47 Å². The molecule has 0 aliphatic carbocycles. The largest absolute Gasteiger partial charge is 0.454 e. The zero-order chi connectivity index (χ0) is 22.8. The monoisotopic (exact) mass is 482 g/mol. The van der Waals surface area contributed by atoms with Crippen LogP contribution in [-0.4, -0.2) is 26.9 Å². The smallest absolute Gasteiger partial charge is 0.251 e.